The normalized spacial score (nSPS) is 14.6. The topological polar surface area (TPSA) is 95.2 Å². The number of nitrogens with zero attached hydrogens (tertiary/aromatic N) is 3. The van der Waals surface area contributed by atoms with E-state index in [4.69, 9.17) is 8.94 Å². The molecule has 1 aliphatic rings. The minimum absolute atomic E-state index is 0.257. The summed E-state index contributed by atoms with van der Waals surface area (Å²) in [6, 6.07) is 14.6. The summed E-state index contributed by atoms with van der Waals surface area (Å²) in [6.07, 6.45) is 2.83. The second-order valence-electron chi connectivity index (χ2n) is 7.53. The van der Waals surface area contributed by atoms with Gasteiger partial charge in [0.05, 0.1) is 28.8 Å². The van der Waals surface area contributed by atoms with Gasteiger partial charge in [-0.3, -0.25) is 14.3 Å². The number of amides is 1. The third-order valence-electron chi connectivity index (χ3n) is 5.74. The zero-order chi connectivity index (χ0) is 20.9. The number of benzene rings is 1. The van der Waals surface area contributed by atoms with E-state index in [9.17, 15) is 9.59 Å². The van der Waals surface area contributed by atoms with Crippen molar-refractivity contribution in [2.24, 2.45) is 7.05 Å². The van der Waals surface area contributed by atoms with Crippen molar-refractivity contribution in [3.63, 3.8) is 0 Å². The van der Waals surface area contributed by atoms with E-state index in [0.29, 0.717) is 35.7 Å². The van der Waals surface area contributed by atoms with Crippen LogP contribution in [0, 0.1) is 6.92 Å². The van der Waals surface area contributed by atoms with Crippen molar-refractivity contribution < 1.29 is 13.7 Å². The summed E-state index contributed by atoms with van der Waals surface area (Å²) in [6.45, 7) is 1.81. The predicted molar refractivity (Wildman–Crippen MR) is 109 cm³/mol. The first-order valence-corrected chi connectivity index (χ1v) is 9.68. The van der Waals surface area contributed by atoms with E-state index in [0.717, 1.165) is 5.69 Å². The fraction of sp³-hybridized carbons (Fsp3) is 0.227. The minimum atomic E-state index is -0.791. The summed E-state index contributed by atoms with van der Waals surface area (Å²) < 4.78 is 14.0. The van der Waals surface area contributed by atoms with Crippen LogP contribution in [-0.2, 0) is 17.3 Å². The van der Waals surface area contributed by atoms with Gasteiger partial charge in [0, 0.05) is 13.1 Å². The van der Waals surface area contributed by atoms with Crippen molar-refractivity contribution in [2.75, 3.05) is 5.32 Å². The molecule has 1 aromatic carbocycles. The van der Waals surface area contributed by atoms with Crippen LogP contribution in [0.1, 0.15) is 24.2 Å². The van der Waals surface area contributed by atoms with Crippen LogP contribution in [0.15, 0.2) is 68.5 Å². The van der Waals surface area contributed by atoms with Crippen molar-refractivity contribution in [1.29, 1.82) is 0 Å². The first-order chi connectivity index (χ1) is 14.5. The highest BCUT2D eigenvalue weighted by atomic mass is 16.5. The lowest BCUT2D eigenvalue weighted by atomic mass is 10.0. The number of hydrogen-bond donors (Lipinski definition) is 1. The third kappa shape index (κ3) is 2.72. The molecule has 0 atom stereocenters. The molecule has 5 rings (SSSR count). The SMILES string of the molecule is Cc1c(NC(=O)C2(c3cc(-c4ccco4)on3)CC2)c(=O)n(-c2ccccc2)n1C. The molecule has 152 valence electrons. The number of carbonyl (C=O) groups excluding carboxylic acids is 1. The highest BCUT2D eigenvalue weighted by molar-refractivity contribution is 6.01. The van der Waals surface area contributed by atoms with E-state index in [1.54, 1.807) is 43.1 Å². The second-order valence-corrected chi connectivity index (χ2v) is 7.53. The first kappa shape index (κ1) is 18.2. The highest BCUT2D eigenvalue weighted by Crippen LogP contribution is 2.49. The molecule has 4 aromatic rings. The van der Waals surface area contributed by atoms with E-state index in [-0.39, 0.29) is 17.2 Å². The number of para-hydroxylation sites is 1. The first-order valence-electron chi connectivity index (χ1n) is 9.68. The molecule has 0 saturated heterocycles. The summed E-state index contributed by atoms with van der Waals surface area (Å²) in [7, 11) is 1.79. The number of furan rings is 1. The lowest BCUT2D eigenvalue weighted by Crippen LogP contribution is -2.31. The van der Waals surface area contributed by atoms with Crippen molar-refractivity contribution in [3.05, 3.63) is 76.5 Å². The molecule has 3 aromatic heterocycles. The quantitative estimate of drug-likeness (QED) is 0.550. The van der Waals surface area contributed by atoms with Crippen LogP contribution in [-0.4, -0.2) is 20.4 Å². The van der Waals surface area contributed by atoms with Gasteiger partial charge in [0.2, 0.25) is 11.7 Å². The molecule has 1 aliphatic carbocycles. The highest BCUT2D eigenvalue weighted by Gasteiger charge is 2.54. The summed E-state index contributed by atoms with van der Waals surface area (Å²) in [4.78, 5) is 26.3. The minimum Gasteiger partial charge on any atom is -0.461 e. The molecule has 0 bridgehead atoms. The van der Waals surface area contributed by atoms with Crippen molar-refractivity contribution in [3.8, 4) is 17.2 Å². The van der Waals surface area contributed by atoms with Gasteiger partial charge in [-0.05, 0) is 44.0 Å². The summed E-state index contributed by atoms with van der Waals surface area (Å²) in [5.74, 6) is 0.763. The van der Waals surface area contributed by atoms with Gasteiger partial charge in [-0.15, -0.1) is 0 Å². The van der Waals surface area contributed by atoms with Crippen LogP contribution >= 0.6 is 0 Å². The number of nitrogens with one attached hydrogen (secondary N) is 1. The van der Waals surface area contributed by atoms with Crippen LogP contribution in [0.3, 0.4) is 0 Å². The number of carbonyl (C=O) groups is 1. The average molecular weight is 404 g/mol. The molecule has 0 spiro atoms. The molecule has 1 amide bonds. The fourth-order valence-corrected chi connectivity index (χ4v) is 3.71. The van der Waals surface area contributed by atoms with E-state index in [1.807, 2.05) is 30.3 Å². The van der Waals surface area contributed by atoms with Gasteiger partial charge in [-0.2, -0.15) is 0 Å². The molecule has 8 heteroatoms. The molecule has 1 N–H and O–H groups in total. The van der Waals surface area contributed by atoms with E-state index in [2.05, 4.69) is 10.5 Å². The van der Waals surface area contributed by atoms with Crippen molar-refractivity contribution in [1.82, 2.24) is 14.5 Å². The largest absolute Gasteiger partial charge is 0.461 e. The molecule has 3 heterocycles. The zero-order valence-electron chi connectivity index (χ0n) is 16.6. The Morgan fingerprint density at radius 3 is 2.57 bits per heavy atom. The number of anilines is 1. The molecular formula is C22H20N4O4. The maximum atomic E-state index is 13.2. The van der Waals surface area contributed by atoms with Crippen molar-refractivity contribution >= 4 is 11.6 Å². The Hall–Kier alpha value is -3.81. The Morgan fingerprint density at radius 2 is 1.90 bits per heavy atom. The van der Waals surface area contributed by atoms with Gasteiger partial charge in [0.25, 0.3) is 5.56 Å². The van der Waals surface area contributed by atoms with Gasteiger partial charge < -0.3 is 14.3 Å². The van der Waals surface area contributed by atoms with E-state index >= 15 is 0 Å². The predicted octanol–water partition coefficient (Wildman–Crippen LogP) is 3.40. The Labute approximate surface area is 171 Å². The van der Waals surface area contributed by atoms with Crippen LogP contribution < -0.4 is 10.9 Å². The standard InChI is InChI=1S/C22H20N4O4/c1-14-19(20(27)26(25(14)2)15-7-4-3-5-8-15)23-21(28)22(10-11-22)18-13-17(30-24-18)16-9-6-12-29-16/h3-9,12-13H,10-11H2,1-2H3,(H,23,28). The Morgan fingerprint density at radius 1 is 1.13 bits per heavy atom. The third-order valence-corrected chi connectivity index (χ3v) is 5.74. The van der Waals surface area contributed by atoms with Crippen LogP contribution in [0.5, 0.6) is 0 Å². The Balaban J connectivity index is 1.46. The number of rotatable bonds is 5. The molecule has 0 aliphatic heterocycles. The smallest absolute Gasteiger partial charge is 0.295 e. The summed E-state index contributed by atoms with van der Waals surface area (Å²) in [5.41, 5.74) is 1.15. The van der Waals surface area contributed by atoms with Crippen molar-refractivity contribution in [2.45, 2.75) is 25.2 Å². The van der Waals surface area contributed by atoms with E-state index < -0.39 is 5.41 Å². The van der Waals surface area contributed by atoms with E-state index in [1.165, 1.54) is 4.68 Å². The Bertz CT molecular complexity index is 1270. The zero-order valence-corrected chi connectivity index (χ0v) is 16.6. The Kier molecular flexibility index (Phi) is 4.02. The number of aromatic nitrogens is 3. The second kappa shape index (κ2) is 6.62. The molecule has 0 unspecified atom stereocenters. The average Bonchev–Trinajstić information content (AvgIpc) is 3.09. The summed E-state index contributed by atoms with van der Waals surface area (Å²) >= 11 is 0. The maximum Gasteiger partial charge on any atom is 0.295 e. The molecule has 1 saturated carbocycles. The molecular weight excluding hydrogens is 384 g/mol. The lowest BCUT2D eigenvalue weighted by Gasteiger charge is -2.11. The molecule has 8 nitrogen and oxygen atoms in total. The number of hydrogen-bond acceptors (Lipinski definition) is 5. The summed E-state index contributed by atoms with van der Waals surface area (Å²) in [5, 5.41) is 6.96. The van der Waals surface area contributed by atoms with Gasteiger partial charge in [-0.25, -0.2) is 4.68 Å². The van der Waals surface area contributed by atoms with Gasteiger partial charge in [-0.1, -0.05) is 23.4 Å². The van der Waals surface area contributed by atoms with Gasteiger partial charge >= 0.3 is 0 Å². The molecule has 1 fully saturated rings. The van der Waals surface area contributed by atoms with Gasteiger partial charge in [0.15, 0.2) is 5.76 Å². The van der Waals surface area contributed by atoms with Crippen LogP contribution in [0.2, 0.25) is 0 Å². The molecule has 0 radical (unpaired) electrons. The van der Waals surface area contributed by atoms with Gasteiger partial charge in [0.1, 0.15) is 5.69 Å². The fourth-order valence-electron chi connectivity index (χ4n) is 3.71. The lowest BCUT2D eigenvalue weighted by molar-refractivity contribution is -0.118. The maximum absolute atomic E-state index is 13.2. The van der Waals surface area contributed by atoms with Crippen LogP contribution in [0.4, 0.5) is 5.69 Å². The monoisotopic (exact) mass is 404 g/mol. The molecule has 30 heavy (non-hydrogen) atoms. The van der Waals surface area contributed by atoms with Crippen LogP contribution in [0.25, 0.3) is 17.2 Å².